The molecule has 19 heavy (non-hydrogen) atoms. The minimum atomic E-state index is -3.63. The number of sulfonamides is 1. The van der Waals surface area contributed by atoms with Gasteiger partial charge in [0.15, 0.2) is 5.75 Å². The van der Waals surface area contributed by atoms with E-state index in [9.17, 15) is 17.2 Å². The summed E-state index contributed by atoms with van der Waals surface area (Å²) >= 11 is 8.75. The van der Waals surface area contributed by atoms with Crippen LogP contribution in [0.3, 0.4) is 0 Å². The molecule has 0 saturated heterocycles. The van der Waals surface area contributed by atoms with Gasteiger partial charge in [0.05, 0.1) is 15.9 Å². The van der Waals surface area contributed by atoms with Gasteiger partial charge in [0, 0.05) is 5.02 Å². The van der Waals surface area contributed by atoms with Gasteiger partial charge in [-0.15, -0.1) is 0 Å². The second kappa shape index (κ2) is 6.71. The van der Waals surface area contributed by atoms with Gasteiger partial charge < -0.3 is 4.74 Å². The first-order valence-electron chi connectivity index (χ1n) is 5.19. The van der Waals surface area contributed by atoms with Crippen LogP contribution in [0.1, 0.15) is 13.3 Å². The molecule has 1 aromatic carbocycles. The fourth-order valence-corrected chi connectivity index (χ4v) is 3.36. The summed E-state index contributed by atoms with van der Waals surface area (Å²) in [6, 6.07) is 2.54. The summed E-state index contributed by atoms with van der Waals surface area (Å²) in [6.45, 7) is -1.39. The zero-order chi connectivity index (χ0) is 14.6. The summed E-state index contributed by atoms with van der Waals surface area (Å²) in [5.74, 6) is -0.440. The molecule has 0 aliphatic heterocycles. The number of benzene rings is 1. The number of anilines is 1. The van der Waals surface area contributed by atoms with E-state index in [-0.39, 0.29) is 26.7 Å². The predicted molar refractivity (Wildman–Crippen MR) is 73.5 cm³/mol. The molecule has 0 radical (unpaired) electrons. The van der Waals surface area contributed by atoms with Crippen molar-refractivity contribution in [2.45, 2.75) is 20.0 Å². The minimum absolute atomic E-state index is 0.131. The second-order valence-corrected chi connectivity index (χ2v) is 6.70. The lowest BCUT2D eigenvalue weighted by Crippen LogP contribution is -2.17. The molecule has 0 bridgehead atoms. The molecule has 1 aromatic rings. The van der Waals surface area contributed by atoms with Crippen molar-refractivity contribution in [3.05, 3.63) is 21.6 Å². The lowest BCUT2D eigenvalue weighted by atomic mass is 10.3. The van der Waals surface area contributed by atoms with Crippen LogP contribution in [-0.4, -0.2) is 20.8 Å². The van der Waals surface area contributed by atoms with Crippen LogP contribution < -0.4 is 9.46 Å². The third kappa shape index (κ3) is 5.12. The van der Waals surface area contributed by atoms with Crippen LogP contribution in [0.4, 0.5) is 14.5 Å². The maximum Gasteiger partial charge on any atom is 0.387 e. The van der Waals surface area contributed by atoms with Crippen LogP contribution in [-0.2, 0) is 10.0 Å². The van der Waals surface area contributed by atoms with Gasteiger partial charge in [-0.3, -0.25) is 4.72 Å². The highest BCUT2D eigenvalue weighted by molar-refractivity contribution is 9.10. The Morgan fingerprint density at radius 1 is 1.47 bits per heavy atom. The Labute approximate surface area is 123 Å². The molecule has 0 unspecified atom stereocenters. The Kier molecular flexibility index (Phi) is 5.82. The first-order valence-corrected chi connectivity index (χ1v) is 8.02. The number of rotatable bonds is 6. The third-order valence-corrected chi connectivity index (χ3v) is 4.24. The number of alkyl halides is 2. The van der Waals surface area contributed by atoms with Crippen molar-refractivity contribution in [2.75, 3.05) is 10.5 Å². The van der Waals surface area contributed by atoms with Gasteiger partial charge in [-0.1, -0.05) is 18.5 Å². The smallest absolute Gasteiger partial charge is 0.387 e. The van der Waals surface area contributed by atoms with E-state index in [2.05, 4.69) is 25.4 Å². The highest BCUT2D eigenvalue weighted by Gasteiger charge is 2.18. The summed E-state index contributed by atoms with van der Waals surface area (Å²) in [4.78, 5) is 0. The zero-order valence-corrected chi connectivity index (χ0v) is 12.9. The Bertz CT molecular complexity index is 554. The van der Waals surface area contributed by atoms with E-state index in [4.69, 9.17) is 11.6 Å². The third-order valence-electron chi connectivity index (χ3n) is 1.95. The predicted octanol–water partition coefficient (Wildman–Crippen LogP) is 3.86. The molecule has 0 atom stereocenters. The molecule has 4 nitrogen and oxygen atoms in total. The highest BCUT2D eigenvalue weighted by atomic mass is 79.9. The molecule has 0 spiro atoms. The van der Waals surface area contributed by atoms with Crippen LogP contribution in [0.5, 0.6) is 5.75 Å². The molecular formula is C10H11BrClF2NO3S. The molecule has 1 rings (SSSR count). The van der Waals surface area contributed by atoms with E-state index in [1.807, 2.05) is 0 Å². The van der Waals surface area contributed by atoms with Crippen LogP contribution >= 0.6 is 27.5 Å². The maximum absolute atomic E-state index is 12.3. The molecule has 0 amide bonds. The fraction of sp³-hybridized carbons (Fsp3) is 0.400. The van der Waals surface area contributed by atoms with Gasteiger partial charge in [0.25, 0.3) is 0 Å². The number of hydrogen-bond donors (Lipinski definition) is 1. The van der Waals surface area contributed by atoms with Gasteiger partial charge >= 0.3 is 6.61 Å². The molecule has 0 saturated carbocycles. The van der Waals surface area contributed by atoms with E-state index >= 15 is 0 Å². The van der Waals surface area contributed by atoms with E-state index in [1.54, 1.807) is 6.92 Å². The monoisotopic (exact) mass is 377 g/mol. The standard InChI is InChI=1S/C10H11BrClF2NO3S/c1-2-3-19(16,17)15-8-5-6(12)4-7(11)9(8)18-10(13)14/h4-5,10,15H,2-3H2,1H3. The molecule has 0 aliphatic carbocycles. The number of nitrogens with one attached hydrogen (secondary N) is 1. The second-order valence-electron chi connectivity index (χ2n) is 3.56. The molecule has 0 aromatic heterocycles. The molecule has 0 fully saturated rings. The summed E-state index contributed by atoms with van der Waals surface area (Å²) in [5.41, 5.74) is -0.131. The lowest BCUT2D eigenvalue weighted by Gasteiger charge is -2.14. The first kappa shape index (κ1) is 16.5. The average Bonchev–Trinajstić information content (AvgIpc) is 2.22. The van der Waals surface area contributed by atoms with Crippen LogP contribution in [0.15, 0.2) is 16.6 Å². The molecular weight excluding hydrogens is 368 g/mol. The maximum atomic E-state index is 12.3. The quantitative estimate of drug-likeness (QED) is 0.818. The molecule has 0 aliphatic rings. The fourth-order valence-electron chi connectivity index (χ4n) is 1.33. The van der Waals surface area contributed by atoms with Crippen molar-refractivity contribution in [3.63, 3.8) is 0 Å². The van der Waals surface area contributed by atoms with E-state index in [0.29, 0.717) is 6.42 Å². The van der Waals surface area contributed by atoms with Crippen LogP contribution in [0.25, 0.3) is 0 Å². The van der Waals surface area contributed by atoms with Gasteiger partial charge in [-0.25, -0.2) is 8.42 Å². The van der Waals surface area contributed by atoms with Gasteiger partial charge in [-0.05, 0) is 34.5 Å². The molecule has 0 heterocycles. The minimum Gasteiger partial charge on any atom is -0.431 e. The Hall–Kier alpha value is -0.600. The average molecular weight is 379 g/mol. The summed E-state index contributed by atoms with van der Waals surface area (Å²) < 4.78 is 54.5. The van der Waals surface area contributed by atoms with Crippen molar-refractivity contribution in [1.29, 1.82) is 0 Å². The van der Waals surface area contributed by atoms with E-state index in [1.165, 1.54) is 12.1 Å². The summed E-state index contributed by atoms with van der Waals surface area (Å²) in [7, 11) is -3.63. The molecule has 1 N–H and O–H groups in total. The molecule has 9 heteroatoms. The Morgan fingerprint density at radius 2 is 2.11 bits per heavy atom. The first-order chi connectivity index (χ1) is 8.75. The van der Waals surface area contributed by atoms with Gasteiger partial charge in [-0.2, -0.15) is 8.78 Å². The van der Waals surface area contributed by atoms with Crippen molar-refractivity contribution < 1.29 is 21.9 Å². The van der Waals surface area contributed by atoms with E-state index in [0.717, 1.165) is 0 Å². The number of hydrogen-bond acceptors (Lipinski definition) is 3. The summed E-state index contributed by atoms with van der Waals surface area (Å²) in [6.07, 6.45) is 0.391. The van der Waals surface area contributed by atoms with Crippen molar-refractivity contribution in [1.82, 2.24) is 0 Å². The van der Waals surface area contributed by atoms with Crippen LogP contribution in [0, 0.1) is 0 Å². The lowest BCUT2D eigenvalue weighted by molar-refractivity contribution is -0.0498. The van der Waals surface area contributed by atoms with Gasteiger partial charge in [0.1, 0.15) is 0 Å². The zero-order valence-electron chi connectivity index (χ0n) is 9.79. The Balaban J connectivity index is 3.17. The van der Waals surface area contributed by atoms with E-state index < -0.39 is 16.6 Å². The van der Waals surface area contributed by atoms with Crippen molar-refractivity contribution >= 4 is 43.2 Å². The number of halogens is 4. The number of ether oxygens (including phenoxy) is 1. The Morgan fingerprint density at radius 3 is 2.63 bits per heavy atom. The highest BCUT2D eigenvalue weighted by Crippen LogP contribution is 2.38. The van der Waals surface area contributed by atoms with Crippen molar-refractivity contribution in [3.8, 4) is 5.75 Å². The van der Waals surface area contributed by atoms with Crippen LogP contribution in [0.2, 0.25) is 5.02 Å². The topological polar surface area (TPSA) is 55.4 Å². The SMILES string of the molecule is CCCS(=O)(=O)Nc1cc(Cl)cc(Br)c1OC(F)F. The normalized spacial score (nSPS) is 11.7. The largest absolute Gasteiger partial charge is 0.431 e. The summed E-state index contributed by atoms with van der Waals surface area (Å²) in [5, 5.41) is 0.183. The molecule has 108 valence electrons. The van der Waals surface area contributed by atoms with Crippen molar-refractivity contribution in [2.24, 2.45) is 0 Å². The van der Waals surface area contributed by atoms with Gasteiger partial charge in [0.2, 0.25) is 10.0 Å².